The van der Waals surface area contributed by atoms with Gasteiger partial charge in [-0.3, -0.25) is 9.78 Å². The Hall–Kier alpha value is -3.05. The molecule has 3 aromatic rings. The SMILES string of the molecule is COc1ccc2ncc(N(C)C)c([C@@H](F)CCC3(C(=O)O)CCN(CCSc4cc(F)cc(F)c4F)CC3)c2c1. The minimum absolute atomic E-state index is 0.0315. The third-order valence-electron chi connectivity index (χ3n) is 7.66. The summed E-state index contributed by atoms with van der Waals surface area (Å²) >= 11 is 1.01. The number of carboxylic acids is 1. The van der Waals surface area contributed by atoms with E-state index < -0.39 is 35.0 Å². The van der Waals surface area contributed by atoms with E-state index in [9.17, 15) is 23.1 Å². The summed E-state index contributed by atoms with van der Waals surface area (Å²) in [7, 11) is 5.16. The lowest BCUT2D eigenvalue weighted by Gasteiger charge is -2.39. The van der Waals surface area contributed by atoms with Gasteiger partial charge in [0.2, 0.25) is 0 Å². The smallest absolute Gasteiger partial charge is 0.309 e. The van der Waals surface area contributed by atoms with E-state index in [1.165, 1.54) is 7.11 Å². The Morgan fingerprint density at radius 2 is 1.93 bits per heavy atom. The molecular weight excluding hydrogens is 546 g/mol. The zero-order chi connectivity index (χ0) is 29.0. The predicted octanol–water partition coefficient (Wildman–Crippen LogP) is 6.48. The molecule has 11 heteroatoms. The number of likely N-dealkylation sites (tertiary alicyclic amines) is 1. The first-order valence-electron chi connectivity index (χ1n) is 13.1. The van der Waals surface area contributed by atoms with Crippen molar-refractivity contribution >= 4 is 34.3 Å². The Bertz CT molecular complexity index is 1370. The van der Waals surface area contributed by atoms with Gasteiger partial charge in [0.25, 0.3) is 0 Å². The Morgan fingerprint density at radius 1 is 1.20 bits per heavy atom. The van der Waals surface area contributed by atoms with Gasteiger partial charge in [-0.05, 0) is 63.0 Å². The lowest BCUT2D eigenvalue weighted by Crippen LogP contribution is -2.45. The van der Waals surface area contributed by atoms with Crippen molar-refractivity contribution < 1.29 is 32.2 Å². The number of nitrogens with zero attached hydrogens (tertiary/aromatic N) is 3. The Labute approximate surface area is 235 Å². The van der Waals surface area contributed by atoms with E-state index in [0.29, 0.717) is 72.2 Å². The molecule has 216 valence electrons. The molecule has 1 N–H and O–H groups in total. The van der Waals surface area contributed by atoms with Gasteiger partial charge in [-0.1, -0.05) is 0 Å². The monoisotopic (exact) mass is 579 g/mol. The number of ether oxygens (including phenoxy) is 1. The van der Waals surface area contributed by atoms with Gasteiger partial charge in [-0.15, -0.1) is 11.8 Å². The van der Waals surface area contributed by atoms with Gasteiger partial charge in [0.05, 0.1) is 29.9 Å². The number of anilines is 1. The van der Waals surface area contributed by atoms with Crippen LogP contribution in [0, 0.1) is 22.9 Å². The first kappa shape index (κ1) is 29.9. The second-order valence-electron chi connectivity index (χ2n) is 10.3. The summed E-state index contributed by atoms with van der Waals surface area (Å²) in [6.07, 6.45) is 1.10. The van der Waals surface area contributed by atoms with Crippen molar-refractivity contribution in [2.45, 2.75) is 36.8 Å². The number of piperidine rings is 1. The van der Waals surface area contributed by atoms with Crippen LogP contribution in [0.3, 0.4) is 0 Å². The maximum Gasteiger partial charge on any atom is 0.309 e. The molecule has 0 amide bonds. The summed E-state index contributed by atoms with van der Waals surface area (Å²) in [5, 5.41) is 10.8. The molecule has 0 spiro atoms. The molecule has 40 heavy (non-hydrogen) atoms. The molecule has 4 rings (SSSR count). The van der Waals surface area contributed by atoms with E-state index in [-0.39, 0.29) is 17.7 Å². The summed E-state index contributed by atoms with van der Waals surface area (Å²) in [4.78, 5) is 20.6. The average Bonchev–Trinajstić information content (AvgIpc) is 2.93. The van der Waals surface area contributed by atoms with Gasteiger partial charge < -0.3 is 19.6 Å². The van der Waals surface area contributed by atoms with Crippen molar-refractivity contribution in [2.24, 2.45) is 5.41 Å². The summed E-state index contributed by atoms with van der Waals surface area (Å²) in [5.74, 6) is -3.12. The maximum absolute atomic E-state index is 16.0. The van der Waals surface area contributed by atoms with E-state index in [4.69, 9.17) is 4.74 Å². The van der Waals surface area contributed by atoms with Gasteiger partial charge in [0, 0.05) is 48.3 Å². The van der Waals surface area contributed by atoms with E-state index >= 15 is 4.39 Å². The number of fused-ring (bicyclic) bond motifs is 1. The number of rotatable bonds is 11. The molecule has 1 fully saturated rings. The summed E-state index contributed by atoms with van der Waals surface area (Å²) in [6.45, 7) is 1.45. The third kappa shape index (κ3) is 6.46. The lowest BCUT2D eigenvalue weighted by molar-refractivity contribution is -0.153. The highest BCUT2D eigenvalue weighted by Crippen LogP contribution is 2.43. The highest BCUT2D eigenvalue weighted by atomic mass is 32.2. The molecular formula is C29H33F4N3O3S. The molecule has 1 saturated heterocycles. The van der Waals surface area contributed by atoms with Gasteiger partial charge in [-0.25, -0.2) is 17.6 Å². The van der Waals surface area contributed by atoms with Gasteiger partial charge in [0.15, 0.2) is 11.6 Å². The number of carboxylic acid groups (broad SMARTS) is 1. The van der Waals surface area contributed by atoms with Crippen LogP contribution in [-0.2, 0) is 4.79 Å². The van der Waals surface area contributed by atoms with Crippen molar-refractivity contribution in [3.05, 3.63) is 59.5 Å². The molecule has 1 aromatic heterocycles. The number of aromatic nitrogens is 1. The van der Waals surface area contributed by atoms with Crippen LogP contribution in [0.5, 0.6) is 5.75 Å². The lowest BCUT2D eigenvalue weighted by atomic mass is 9.74. The number of hydrogen-bond donors (Lipinski definition) is 1. The average molecular weight is 580 g/mol. The molecule has 0 radical (unpaired) electrons. The highest BCUT2D eigenvalue weighted by Gasteiger charge is 2.42. The van der Waals surface area contributed by atoms with Crippen LogP contribution in [0.1, 0.15) is 37.4 Å². The molecule has 1 aliphatic rings. The quantitative estimate of drug-likeness (QED) is 0.159. The standard InChI is InChI=1S/C29H33F4N3O3S/c1-35(2)24-17-34-23-5-4-19(39-3)16-20(23)26(24)21(31)6-7-29(28(37)38)8-10-36(11-9-29)12-13-40-25-15-18(30)14-22(32)27(25)33/h4-5,14-17,21H,6-13H2,1-3H3,(H,37,38)/t21-/m0/s1. The summed E-state index contributed by atoms with van der Waals surface area (Å²) in [6, 6.07) is 6.76. The zero-order valence-electron chi connectivity index (χ0n) is 22.7. The number of halogens is 4. The van der Waals surface area contributed by atoms with E-state index in [1.807, 2.05) is 19.0 Å². The number of carbonyl (C=O) groups is 1. The number of aliphatic carboxylic acids is 1. The molecule has 0 bridgehead atoms. The third-order valence-corrected chi connectivity index (χ3v) is 8.65. The van der Waals surface area contributed by atoms with Crippen LogP contribution in [0.25, 0.3) is 10.9 Å². The Kier molecular flexibility index (Phi) is 9.45. The van der Waals surface area contributed by atoms with E-state index in [2.05, 4.69) is 4.98 Å². The summed E-state index contributed by atoms with van der Waals surface area (Å²) < 4.78 is 62.2. The number of alkyl halides is 1. The molecule has 1 aliphatic heterocycles. The number of hydrogen-bond acceptors (Lipinski definition) is 6. The van der Waals surface area contributed by atoms with Crippen LogP contribution in [-0.4, -0.2) is 67.6 Å². The van der Waals surface area contributed by atoms with Crippen molar-refractivity contribution in [1.29, 1.82) is 0 Å². The van der Waals surface area contributed by atoms with E-state index in [0.717, 1.165) is 17.8 Å². The predicted molar refractivity (Wildman–Crippen MR) is 148 cm³/mol. The minimum Gasteiger partial charge on any atom is -0.497 e. The first-order valence-corrected chi connectivity index (χ1v) is 14.0. The normalized spacial score (nSPS) is 16.2. The topological polar surface area (TPSA) is 65.9 Å². The molecule has 0 saturated carbocycles. The molecule has 6 nitrogen and oxygen atoms in total. The van der Waals surface area contributed by atoms with Crippen LogP contribution in [0.2, 0.25) is 0 Å². The Morgan fingerprint density at radius 3 is 2.58 bits per heavy atom. The van der Waals surface area contributed by atoms with Crippen LogP contribution in [0.15, 0.2) is 41.4 Å². The summed E-state index contributed by atoms with van der Waals surface area (Å²) in [5.41, 5.74) is 0.651. The number of methoxy groups -OCH3 is 1. The van der Waals surface area contributed by atoms with Gasteiger partial charge in [-0.2, -0.15) is 0 Å². The van der Waals surface area contributed by atoms with Crippen LogP contribution in [0.4, 0.5) is 23.2 Å². The molecule has 1 atom stereocenters. The molecule has 0 unspecified atom stereocenters. The Balaban J connectivity index is 1.41. The molecule has 0 aliphatic carbocycles. The van der Waals surface area contributed by atoms with Crippen molar-refractivity contribution in [3.63, 3.8) is 0 Å². The van der Waals surface area contributed by atoms with Crippen molar-refractivity contribution in [3.8, 4) is 5.75 Å². The molecule has 2 aromatic carbocycles. The molecule has 2 heterocycles. The fraction of sp³-hybridized carbons (Fsp3) is 0.448. The largest absolute Gasteiger partial charge is 0.497 e. The second kappa shape index (κ2) is 12.6. The zero-order valence-corrected chi connectivity index (χ0v) is 23.5. The maximum atomic E-state index is 16.0. The highest BCUT2D eigenvalue weighted by molar-refractivity contribution is 7.99. The van der Waals surface area contributed by atoms with Crippen molar-refractivity contribution in [2.75, 3.05) is 51.5 Å². The van der Waals surface area contributed by atoms with E-state index in [1.54, 1.807) is 29.3 Å². The fourth-order valence-corrected chi connectivity index (χ4v) is 6.23. The van der Waals surface area contributed by atoms with Crippen LogP contribution >= 0.6 is 11.8 Å². The first-order chi connectivity index (χ1) is 19.0. The number of benzene rings is 2. The fourth-order valence-electron chi connectivity index (χ4n) is 5.24. The van der Waals surface area contributed by atoms with Gasteiger partial charge in [0.1, 0.15) is 17.7 Å². The van der Waals surface area contributed by atoms with Gasteiger partial charge >= 0.3 is 5.97 Å². The number of thioether (sulfide) groups is 1. The number of pyridine rings is 1. The second-order valence-corrected chi connectivity index (χ2v) is 11.5. The van der Waals surface area contributed by atoms with Crippen molar-refractivity contribution in [1.82, 2.24) is 9.88 Å². The minimum atomic E-state index is -1.41. The van der Waals surface area contributed by atoms with Crippen LogP contribution < -0.4 is 9.64 Å².